The zero-order valence-corrected chi connectivity index (χ0v) is 10.3. The van der Waals surface area contributed by atoms with Crippen LogP contribution in [-0.2, 0) is 4.74 Å². The molecule has 17 heavy (non-hydrogen) atoms. The number of aryl methyl sites for hydroxylation is 1. The fourth-order valence-corrected chi connectivity index (χ4v) is 3.06. The van der Waals surface area contributed by atoms with Gasteiger partial charge in [-0.05, 0) is 25.8 Å². The number of rotatable bonds is 1. The second-order valence-corrected chi connectivity index (χ2v) is 5.09. The van der Waals surface area contributed by atoms with Crippen molar-refractivity contribution >= 4 is 5.69 Å². The lowest BCUT2D eigenvalue weighted by molar-refractivity contribution is -0.0331. The minimum absolute atomic E-state index is 0.253. The van der Waals surface area contributed by atoms with Crippen LogP contribution in [0.3, 0.4) is 0 Å². The lowest BCUT2D eigenvalue weighted by atomic mass is 9.80. The van der Waals surface area contributed by atoms with Crippen molar-refractivity contribution in [1.82, 2.24) is 0 Å². The van der Waals surface area contributed by atoms with Gasteiger partial charge in [-0.3, -0.25) is 0 Å². The number of fused-ring (bicyclic) bond motifs is 3. The molecule has 2 nitrogen and oxygen atoms in total. The number of benzene rings is 1. The van der Waals surface area contributed by atoms with Crippen LogP contribution >= 0.6 is 0 Å². The Morgan fingerprint density at radius 3 is 3.18 bits per heavy atom. The summed E-state index contributed by atoms with van der Waals surface area (Å²) in [7, 11) is 0. The van der Waals surface area contributed by atoms with Crippen molar-refractivity contribution in [1.29, 1.82) is 0 Å². The zero-order valence-electron chi connectivity index (χ0n) is 10.3. The third-order valence-electron chi connectivity index (χ3n) is 3.92. The largest absolute Gasteiger partial charge is 0.378 e. The molecule has 1 aromatic rings. The predicted molar refractivity (Wildman–Crippen MR) is 70.2 cm³/mol. The van der Waals surface area contributed by atoms with Crippen molar-refractivity contribution in [2.75, 3.05) is 11.9 Å². The normalized spacial score (nSPS) is 31.0. The molecule has 0 unspecified atom stereocenters. The van der Waals surface area contributed by atoms with E-state index in [0.29, 0.717) is 12.0 Å². The standard InChI is InChI=1S/C15H19NO/c1-3-13-11-5-4-8-17-15(11)12-9-10(2)6-7-14(12)16-13/h3,6-7,9,11,13,15-16H,1,4-5,8H2,2H3/t11-,13-,15-/m0/s1. The summed E-state index contributed by atoms with van der Waals surface area (Å²) in [6, 6.07) is 6.91. The monoisotopic (exact) mass is 229 g/mol. The molecule has 1 fully saturated rings. The Bertz CT molecular complexity index is 441. The Balaban J connectivity index is 2.05. The van der Waals surface area contributed by atoms with Crippen LogP contribution in [0.5, 0.6) is 0 Å². The van der Waals surface area contributed by atoms with Gasteiger partial charge in [-0.25, -0.2) is 0 Å². The minimum atomic E-state index is 0.253. The second-order valence-electron chi connectivity index (χ2n) is 5.09. The van der Waals surface area contributed by atoms with Crippen LogP contribution in [0, 0.1) is 12.8 Å². The van der Waals surface area contributed by atoms with E-state index in [0.717, 1.165) is 13.0 Å². The molecule has 0 bridgehead atoms. The summed E-state index contributed by atoms with van der Waals surface area (Å²) < 4.78 is 6.01. The maximum Gasteiger partial charge on any atom is 0.0895 e. The highest BCUT2D eigenvalue weighted by Crippen LogP contribution is 2.44. The van der Waals surface area contributed by atoms with Crippen LogP contribution in [0.2, 0.25) is 0 Å². The van der Waals surface area contributed by atoms with E-state index in [1.54, 1.807) is 0 Å². The van der Waals surface area contributed by atoms with Crippen LogP contribution in [0.15, 0.2) is 30.9 Å². The second kappa shape index (κ2) is 4.19. The average Bonchev–Trinajstić information content (AvgIpc) is 2.38. The van der Waals surface area contributed by atoms with E-state index in [1.807, 2.05) is 6.08 Å². The zero-order chi connectivity index (χ0) is 11.8. The van der Waals surface area contributed by atoms with Gasteiger partial charge < -0.3 is 10.1 Å². The lowest BCUT2D eigenvalue weighted by Gasteiger charge is -2.42. The Labute approximate surface area is 103 Å². The van der Waals surface area contributed by atoms with Gasteiger partial charge >= 0.3 is 0 Å². The SMILES string of the molecule is C=C[C@@H]1Nc2ccc(C)cc2[C@H]2OCCC[C@@H]12. The van der Waals surface area contributed by atoms with Crippen LogP contribution in [0.1, 0.15) is 30.1 Å². The summed E-state index contributed by atoms with van der Waals surface area (Å²) >= 11 is 0. The van der Waals surface area contributed by atoms with Gasteiger partial charge in [0.2, 0.25) is 0 Å². The molecule has 0 aromatic heterocycles. The molecular formula is C15H19NO. The van der Waals surface area contributed by atoms with E-state index in [9.17, 15) is 0 Å². The third-order valence-corrected chi connectivity index (χ3v) is 3.92. The maximum absolute atomic E-state index is 6.01. The molecule has 2 heteroatoms. The summed E-state index contributed by atoms with van der Waals surface area (Å²) in [5, 5.41) is 3.58. The Morgan fingerprint density at radius 2 is 2.35 bits per heavy atom. The van der Waals surface area contributed by atoms with Gasteiger partial charge in [-0.2, -0.15) is 0 Å². The first-order chi connectivity index (χ1) is 8.29. The third kappa shape index (κ3) is 1.77. The quantitative estimate of drug-likeness (QED) is 0.745. The molecule has 2 aliphatic heterocycles. The fraction of sp³-hybridized carbons (Fsp3) is 0.467. The molecule has 0 aliphatic carbocycles. The van der Waals surface area contributed by atoms with Gasteiger partial charge in [0, 0.05) is 29.8 Å². The Morgan fingerprint density at radius 1 is 1.47 bits per heavy atom. The van der Waals surface area contributed by atoms with Gasteiger partial charge in [-0.15, -0.1) is 6.58 Å². The fourth-order valence-electron chi connectivity index (χ4n) is 3.06. The van der Waals surface area contributed by atoms with Crippen LogP contribution in [-0.4, -0.2) is 12.6 Å². The minimum Gasteiger partial charge on any atom is -0.378 e. The van der Waals surface area contributed by atoms with E-state index >= 15 is 0 Å². The first-order valence-electron chi connectivity index (χ1n) is 6.41. The van der Waals surface area contributed by atoms with Crippen molar-refractivity contribution < 1.29 is 4.74 Å². The van der Waals surface area contributed by atoms with Crippen molar-refractivity contribution in [2.24, 2.45) is 5.92 Å². The molecular weight excluding hydrogens is 210 g/mol. The topological polar surface area (TPSA) is 21.3 Å². The first-order valence-corrected chi connectivity index (χ1v) is 6.41. The molecule has 2 heterocycles. The van der Waals surface area contributed by atoms with Crippen LogP contribution in [0.4, 0.5) is 5.69 Å². The first kappa shape index (κ1) is 10.8. The molecule has 1 N–H and O–H groups in total. The Hall–Kier alpha value is -1.28. The average molecular weight is 229 g/mol. The van der Waals surface area contributed by atoms with Crippen molar-refractivity contribution in [3.8, 4) is 0 Å². The highest BCUT2D eigenvalue weighted by atomic mass is 16.5. The van der Waals surface area contributed by atoms with Gasteiger partial charge in [-0.1, -0.05) is 23.8 Å². The van der Waals surface area contributed by atoms with Crippen molar-refractivity contribution in [3.63, 3.8) is 0 Å². The summed E-state index contributed by atoms with van der Waals surface area (Å²) in [6.07, 6.45) is 4.66. The van der Waals surface area contributed by atoms with Gasteiger partial charge in [0.05, 0.1) is 6.10 Å². The number of anilines is 1. The molecule has 0 amide bonds. The molecule has 1 saturated heterocycles. The Kier molecular flexibility index (Phi) is 2.67. The number of nitrogens with one attached hydrogen (secondary N) is 1. The molecule has 0 radical (unpaired) electrons. The maximum atomic E-state index is 6.01. The van der Waals surface area contributed by atoms with Crippen molar-refractivity contribution in [2.45, 2.75) is 31.9 Å². The van der Waals surface area contributed by atoms with Gasteiger partial charge in [0.25, 0.3) is 0 Å². The molecule has 1 aromatic carbocycles. The van der Waals surface area contributed by atoms with E-state index in [1.165, 1.54) is 23.2 Å². The summed E-state index contributed by atoms with van der Waals surface area (Å²) in [6.45, 7) is 6.97. The number of hydrogen-bond donors (Lipinski definition) is 1. The highest BCUT2D eigenvalue weighted by Gasteiger charge is 2.37. The smallest absolute Gasteiger partial charge is 0.0895 e. The van der Waals surface area contributed by atoms with E-state index < -0.39 is 0 Å². The summed E-state index contributed by atoms with van der Waals surface area (Å²) in [4.78, 5) is 0. The number of ether oxygens (including phenoxy) is 1. The summed E-state index contributed by atoms with van der Waals surface area (Å²) in [5.74, 6) is 0.538. The molecule has 3 atom stereocenters. The van der Waals surface area contributed by atoms with E-state index in [2.05, 4.69) is 37.0 Å². The molecule has 90 valence electrons. The van der Waals surface area contributed by atoms with Gasteiger partial charge in [0.15, 0.2) is 0 Å². The molecule has 3 rings (SSSR count). The van der Waals surface area contributed by atoms with Crippen LogP contribution in [0.25, 0.3) is 0 Å². The lowest BCUT2D eigenvalue weighted by Crippen LogP contribution is -2.40. The van der Waals surface area contributed by atoms with E-state index in [-0.39, 0.29) is 6.10 Å². The highest BCUT2D eigenvalue weighted by molar-refractivity contribution is 5.57. The molecule has 0 spiro atoms. The predicted octanol–water partition coefficient (Wildman–Crippen LogP) is 3.44. The van der Waals surface area contributed by atoms with E-state index in [4.69, 9.17) is 4.74 Å². The van der Waals surface area contributed by atoms with Crippen molar-refractivity contribution in [3.05, 3.63) is 42.0 Å². The summed E-state index contributed by atoms with van der Waals surface area (Å²) in [5.41, 5.74) is 3.84. The molecule has 0 saturated carbocycles. The molecule has 2 aliphatic rings. The number of hydrogen-bond acceptors (Lipinski definition) is 2. The van der Waals surface area contributed by atoms with Crippen LogP contribution < -0.4 is 5.32 Å². The van der Waals surface area contributed by atoms with Gasteiger partial charge in [0.1, 0.15) is 0 Å².